The lowest BCUT2D eigenvalue weighted by atomic mass is 9.95. The topological polar surface area (TPSA) is 0 Å². The summed E-state index contributed by atoms with van der Waals surface area (Å²) in [5.74, 6) is 0. The number of rotatable bonds is 2. The molecule has 0 amide bonds. The third kappa shape index (κ3) is 1.68. The molecule has 0 nitrogen and oxygen atoms in total. The summed E-state index contributed by atoms with van der Waals surface area (Å²) < 4.78 is 0. The Balaban J connectivity index is 2.78. The molecule has 15 heavy (non-hydrogen) atoms. The van der Waals surface area contributed by atoms with Gasteiger partial charge in [0.1, 0.15) is 0 Å². The SMILES string of the molecule is C=CCc1cc(C)c2ccccc2c1C. The largest absolute Gasteiger partial charge is 0.103 e. The van der Waals surface area contributed by atoms with Crippen LogP contribution in [0.3, 0.4) is 0 Å². The van der Waals surface area contributed by atoms with Gasteiger partial charge < -0.3 is 0 Å². The van der Waals surface area contributed by atoms with Gasteiger partial charge in [0, 0.05) is 0 Å². The van der Waals surface area contributed by atoms with Crippen LogP contribution >= 0.6 is 0 Å². The summed E-state index contributed by atoms with van der Waals surface area (Å²) in [4.78, 5) is 0. The molecule has 2 aromatic rings. The van der Waals surface area contributed by atoms with Crippen molar-refractivity contribution < 1.29 is 0 Å². The van der Waals surface area contributed by atoms with Crippen molar-refractivity contribution in [2.24, 2.45) is 0 Å². The number of aryl methyl sites for hydroxylation is 2. The molecule has 0 aliphatic rings. The maximum atomic E-state index is 3.81. The van der Waals surface area contributed by atoms with Crippen LogP contribution in [0.1, 0.15) is 16.7 Å². The van der Waals surface area contributed by atoms with Crippen LogP contribution in [0.5, 0.6) is 0 Å². The zero-order valence-electron chi connectivity index (χ0n) is 9.38. The van der Waals surface area contributed by atoms with E-state index in [1.807, 2.05) is 6.08 Å². The van der Waals surface area contributed by atoms with E-state index in [-0.39, 0.29) is 0 Å². The Morgan fingerprint density at radius 3 is 2.47 bits per heavy atom. The first-order chi connectivity index (χ1) is 7.24. The van der Waals surface area contributed by atoms with Crippen molar-refractivity contribution in [2.45, 2.75) is 20.3 Å². The summed E-state index contributed by atoms with van der Waals surface area (Å²) in [5, 5.41) is 2.73. The first-order valence-electron chi connectivity index (χ1n) is 5.32. The molecule has 0 N–H and O–H groups in total. The minimum absolute atomic E-state index is 0.956. The van der Waals surface area contributed by atoms with E-state index in [1.165, 1.54) is 27.5 Å². The Morgan fingerprint density at radius 2 is 1.80 bits per heavy atom. The van der Waals surface area contributed by atoms with E-state index in [9.17, 15) is 0 Å². The van der Waals surface area contributed by atoms with Crippen molar-refractivity contribution >= 4 is 10.8 Å². The molecular weight excluding hydrogens is 180 g/mol. The van der Waals surface area contributed by atoms with Crippen LogP contribution in [-0.4, -0.2) is 0 Å². The van der Waals surface area contributed by atoms with Crippen LogP contribution in [0.15, 0.2) is 43.0 Å². The second-order valence-electron chi connectivity index (χ2n) is 4.02. The third-order valence-electron chi connectivity index (χ3n) is 2.99. The monoisotopic (exact) mass is 196 g/mol. The molecule has 0 aliphatic carbocycles. The molecule has 2 rings (SSSR count). The van der Waals surface area contributed by atoms with Gasteiger partial charge in [-0.2, -0.15) is 0 Å². The van der Waals surface area contributed by atoms with Crippen LogP contribution in [0.4, 0.5) is 0 Å². The molecule has 0 unspecified atom stereocenters. The molecule has 0 bridgehead atoms. The van der Waals surface area contributed by atoms with Crippen LogP contribution in [-0.2, 0) is 6.42 Å². The van der Waals surface area contributed by atoms with Gasteiger partial charge in [-0.15, -0.1) is 6.58 Å². The predicted molar refractivity (Wildman–Crippen MR) is 67.3 cm³/mol. The fourth-order valence-corrected chi connectivity index (χ4v) is 2.14. The molecule has 0 fully saturated rings. The molecule has 0 heterocycles. The average molecular weight is 196 g/mol. The van der Waals surface area contributed by atoms with E-state index < -0.39 is 0 Å². The molecule has 0 atom stereocenters. The predicted octanol–water partition coefficient (Wildman–Crippen LogP) is 4.19. The fourth-order valence-electron chi connectivity index (χ4n) is 2.14. The minimum atomic E-state index is 0.956. The van der Waals surface area contributed by atoms with Crippen molar-refractivity contribution in [3.8, 4) is 0 Å². The van der Waals surface area contributed by atoms with E-state index in [2.05, 4.69) is 50.8 Å². The molecule has 0 saturated heterocycles. The highest BCUT2D eigenvalue weighted by molar-refractivity contribution is 5.89. The summed E-state index contributed by atoms with van der Waals surface area (Å²) in [6, 6.07) is 10.9. The highest BCUT2D eigenvalue weighted by Gasteiger charge is 2.04. The molecule has 76 valence electrons. The second kappa shape index (κ2) is 3.90. The highest BCUT2D eigenvalue weighted by atomic mass is 14.1. The van der Waals surface area contributed by atoms with E-state index in [0.29, 0.717) is 0 Å². The Kier molecular flexibility index (Phi) is 2.59. The number of hydrogen-bond acceptors (Lipinski definition) is 0. The lowest BCUT2D eigenvalue weighted by molar-refractivity contribution is 1.22. The van der Waals surface area contributed by atoms with Gasteiger partial charge >= 0.3 is 0 Å². The van der Waals surface area contributed by atoms with E-state index >= 15 is 0 Å². The van der Waals surface area contributed by atoms with Crippen molar-refractivity contribution in [3.05, 3.63) is 59.7 Å². The lowest BCUT2D eigenvalue weighted by Gasteiger charge is -2.10. The first kappa shape index (κ1) is 9.97. The van der Waals surface area contributed by atoms with Gasteiger partial charge in [0.15, 0.2) is 0 Å². The van der Waals surface area contributed by atoms with Crippen molar-refractivity contribution in [1.29, 1.82) is 0 Å². The maximum absolute atomic E-state index is 3.81. The number of benzene rings is 2. The van der Waals surface area contributed by atoms with Gasteiger partial charge in [0.2, 0.25) is 0 Å². The summed E-state index contributed by atoms with van der Waals surface area (Å²) in [7, 11) is 0. The average Bonchev–Trinajstić information content (AvgIpc) is 2.26. The third-order valence-corrected chi connectivity index (χ3v) is 2.99. The van der Waals surface area contributed by atoms with Crippen molar-refractivity contribution in [2.75, 3.05) is 0 Å². The van der Waals surface area contributed by atoms with Crippen LogP contribution in [0, 0.1) is 13.8 Å². The smallest absolute Gasteiger partial charge is 0.00972 e. The van der Waals surface area contributed by atoms with Gasteiger partial charge in [0.05, 0.1) is 0 Å². The normalized spacial score (nSPS) is 10.5. The molecule has 2 aromatic carbocycles. The second-order valence-corrected chi connectivity index (χ2v) is 4.02. The van der Waals surface area contributed by atoms with Gasteiger partial charge in [-0.3, -0.25) is 0 Å². The van der Waals surface area contributed by atoms with Gasteiger partial charge in [-0.1, -0.05) is 36.4 Å². The first-order valence-corrected chi connectivity index (χ1v) is 5.32. The number of hydrogen-bond donors (Lipinski definition) is 0. The molecule has 0 heteroatoms. The van der Waals surface area contributed by atoms with Gasteiger partial charge in [-0.05, 0) is 47.7 Å². The Hall–Kier alpha value is -1.56. The van der Waals surface area contributed by atoms with E-state index in [0.717, 1.165) is 6.42 Å². The van der Waals surface area contributed by atoms with Crippen LogP contribution < -0.4 is 0 Å². The number of fused-ring (bicyclic) bond motifs is 1. The summed E-state index contributed by atoms with van der Waals surface area (Å²) in [6.07, 6.45) is 2.92. The summed E-state index contributed by atoms with van der Waals surface area (Å²) in [6.45, 7) is 8.18. The van der Waals surface area contributed by atoms with Gasteiger partial charge in [0.25, 0.3) is 0 Å². The Labute approximate surface area is 91.2 Å². The van der Waals surface area contributed by atoms with Crippen molar-refractivity contribution in [3.63, 3.8) is 0 Å². The Bertz CT molecular complexity index is 507. The summed E-state index contributed by atoms with van der Waals surface area (Å²) in [5.41, 5.74) is 4.13. The molecule has 0 aromatic heterocycles. The fraction of sp³-hybridized carbons (Fsp3) is 0.200. The molecule has 0 spiro atoms. The number of allylic oxidation sites excluding steroid dienone is 1. The molecule has 0 aliphatic heterocycles. The zero-order valence-corrected chi connectivity index (χ0v) is 9.38. The van der Waals surface area contributed by atoms with E-state index in [4.69, 9.17) is 0 Å². The molecule has 0 radical (unpaired) electrons. The highest BCUT2D eigenvalue weighted by Crippen LogP contribution is 2.25. The van der Waals surface area contributed by atoms with Crippen LogP contribution in [0.2, 0.25) is 0 Å². The summed E-state index contributed by atoms with van der Waals surface area (Å²) >= 11 is 0. The minimum Gasteiger partial charge on any atom is -0.103 e. The maximum Gasteiger partial charge on any atom is -0.00972 e. The van der Waals surface area contributed by atoms with Crippen LogP contribution in [0.25, 0.3) is 10.8 Å². The van der Waals surface area contributed by atoms with Crippen molar-refractivity contribution in [1.82, 2.24) is 0 Å². The standard InChI is InChI=1S/C15H16/c1-4-7-13-10-11(2)14-8-5-6-9-15(14)12(13)3/h4-6,8-10H,1,7H2,2-3H3. The molecular formula is C15H16. The van der Waals surface area contributed by atoms with Gasteiger partial charge in [-0.25, -0.2) is 0 Å². The quantitative estimate of drug-likeness (QED) is 0.632. The van der Waals surface area contributed by atoms with E-state index in [1.54, 1.807) is 0 Å². The zero-order chi connectivity index (χ0) is 10.8. The molecule has 0 saturated carbocycles. The Morgan fingerprint density at radius 1 is 1.13 bits per heavy atom. The lowest BCUT2D eigenvalue weighted by Crippen LogP contribution is -1.91.